The third-order valence-corrected chi connectivity index (χ3v) is 5.46. The minimum Gasteiger partial charge on any atom is -0.321 e. The van der Waals surface area contributed by atoms with Crippen LogP contribution in [-0.4, -0.2) is 41.5 Å². The number of anilines is 1. The summed E-state index contributed by atoms with van der Waals surface area (Å²) in [5.41, 5.74) is -0.147. The highest BCUT2D eigenvalue weighted by Gasteiger charge is 2.50. The lowest BCUT2D eigenvalue weighted by Gasteiger charge is -2.34. The quantitative estimate of drug-likeness (QED) is 0.458. The number of benzodiazepines with no additional fused rings is 1. The van der Waals surface area contributed by atoms with Crippen LogP contribution >= 0.6 is 0 Å². The Hall–Kier alpha value is -3.48. The van der Waals surface area contributed by atoms with E-state index in [1.807, 2.05) is 0 Å². The molecule has 3 rings (SSSR count). The van der Waals surface area contributed by atoms with E-state index >= 15 is 4.39 Å². The molecular weight excluding hydrogens is 449 g/mol. The molecule has 0 saturated heterocycles. The van der Waals surface area contributed by atoms with Crippen LogP contribution in [0.3, 0.4) is 0 Å². The van der Waals surface area contributed by atoms with Crippen LogP contribution in [0, 0.1) is 18.2 Å². The number of ketones is 1. The van der Waals surface area contributed by atoms with Gasteiger partial charge in [0.1, 0.15) is 5.82 Å². The predicted octanol–water partition coefficient (Wildman–Crippen LogP) is 4.74. The molecule has 1 heterocycles. The predicted molar refractivity (Wildman–Crippen MR) is 132 cm³/mol. The molecule has 8 heteroatoms. The summed E-state index contributed by atoms with van der Waals surface area (Å²) in [7, 11) is 0. The molecule has 0 aliphatic carbocycles. The van der Waals surface area contributed by atoms with Crippen molar-refractivity contribution in [2.45, 2.75) is 59.9 Å². The van der Waals surface area contributed by atoms with Crippen LogP contribution < -0.4 is 4.90 Å². The number of para-hydroxylation sites is 1. The van der Waals surface area contributed by atoms with Crippen molar-refractivity contribution >= 4 is 29.2 Å². The molecule has 184 valence electrons. The molecule has 2 aromatic carbocycles. The van der Waals surface area contributed by atoms with Crippen LogP contribution in [0.15, 0.2) is 52.4 Å². The number of nitrogens with zero attached hydrogens (tertiary/aromatic N) is 3. The number of carbonyl (C=O) groups excluding carboxylic acids is 3. The standard InChI is InChI=1S/C27H30FN3O4/c1-17-11-10-13-19-22(18-12-8-9-14-20(18)28)30-27(29-16-32,35-26(5,6)7)24(34)31(23(17)19)15-21(33)25(2,3)4/h8-14H,15H2,1-7H3. The second-order valence-corrected chi connectivity index (χ2v) is 10.5. The van der Waals surface area contributed by atoms with Gasteiger partial charge in [-0.2, -0.15) is 0 Å². The maximum atomic E-state index is 15.1. The second kappa shape index (κ2) is 9.29. The molecule has 1 unspecified atom stereocenters. The Morgan fingerprint density at radius 2 is 1.71 bits per heavy atom. The van der Waals surface area contributed by atoms with Crippen LogP contribution in [0.25, 0.3) is 0 Å². The molecular formula is C27H30FN3O4. The van der Waals surface area contributed by atoms with Crippen molar-refractivity contribution in [1.82, 2.24) is 0 Å². The normalized spacial score (nSPS) is 18.3. The smallest absolute Gasteiger partial charge is 0.321 e. The molecule has 1 aliphatic heterocycles. The highest BCUT2D eigenvalue weighted by Crippen LogP contribution is 2.38. The number of amides is 1. The summed E-state index contributed by atoms with van der Waals surface area (Å²) in [4.78, 5) is 48.4. The first kappa shape index (κ1) is 26.1. The van der Waals surface area contributed by atoms with E-state index in [0.29, 0.717) is 16.8 Å². The fourth-order valence-electron chi connectivity index (χ4n) is 3.79. The number of halogens is 1. The largest absolute Gasteiger partial charge is 0.351 e. The van der Waals surface area contributed by atoms with Gasteiger partial charge < -0.3 is 4.74 Å². The van der Waals surface area contributed by atoms with Crippen molar-refractivity contribution in [2.75, 3.05) is 11.4 Å². The number of carbonyl (C=O) groups is 2. The molecule has 0 radical (unpaired) electrons. The highest BCUT2D eigenvalue weighted by atomic mass is 19.1. The molecule has 0 bridgehead atoms. The van der Waals surface area contributed by atoms with E-state index < -0.39 is 28.6 Å². The van der Waals surface area contributed by atoms with E-state index in [0.717, 1.165) is 0 Å². The molecule has 35 heavy (non-hydrogen) atoms. The monoisotopic (exact) mass is 479 g/mol. The number of rotatable bonds is 5. The van der Waals surface area contributed by atoms with E-state index in [4.69, 9.17) is 4.74 Å². The summed E-state index contributed by atoms with van der Waals surface area (Å²) in [5, 5.41) is 0. The van der Waals surface area contributed by atoms with E-state index in [1.165, 1.54) is 29.2 Å². The molecule has 0 N–H and O–H groups in total. The van der Waals surface area contributed by atoms with Crippen molar-refractivity contribution in [2.24, 2.45) is 15.4 Å². The van der Waals surface area contributed by atoms with Gasteiger partial charge in [-0.1, -0.05) is 51.1 Å². The highest BCUT2D eigenvalue weighted by molar-refractivity contribution is 6.22. The summed E-state index contributed by atoms with van der Waals surface area (Å²) >= 11 is 0. The van der Waals surface area contributed by atoms with Gasteiger partial charge in [0.2, 0.25) is 6.08 Å². The summed E-state index contributed by atoms with van der Waals surface area (Å²) in [6.45, 7) is 11.7. The van der Waals surface area contributed by atoms with Crippen LogP contribution in [-0.2, 0) is 19.1 Å². The number of isocyanates is 1. The summed E-state index contributed by atoms with van der Waals surface area (Å²) < 4.78 is 21.1. The average Bonchev–Trinajstić information content (AvgIpc) is 2.82. The molecule has 0 fully saturated rings. The van der Waals surface area contributed by atoms with Gasteiger partial charge in [-0.05, 0) is 45.4 Å². The topological polar surface area (TPSA) is 88.4 Å². The van der Waals surface area contributed by atoms with Gasteiger partial charge >= 0.3 is 11.8 Å². The van der Waals surface area contributed by atoms with Crippen LogP contribution in [0.5, 0.6) is 0 Å². The van der Waals surface area contributed by atoms with Gasteiger partial charge in [-0.25, -0.2) is 14.2 Å². The van der Waals surface area contributed by atoms with Crippen molar-refractivity contribution in [3.8, 4) is 0 Å². The SMILES string of the molecule is Cc1cccc2c1N(CC(=O)C(C)(C)C)C(=O)C(N=C=O)(OC(C)(C)C)N=C2c1ccccc1F. The van der Waals surface area contributed by atoms with Crippen LogP contribution in [0.2, 0.25) is 0 Å². The Balaban J connectivity index is 2.45. The number of aliphatic imine (C=N–C) groups is 2. The number of fused-ring (bicyclic) bond motifs is 1. The number of hydrogen-bond acceptors (Lipinski definition) is 6. The van der Waals surface area contributed by atoms with E-state index in [-0.39, 0.29) is 23.6 Å². The third-order valence-electron chi connectivity index (χ3n) is 5.46. The lowest BCUT2D eigenvalue weighted by atomic mass is 9.90. The first-order valence-electron chi connectivity index (χ1n) is 11.3. The van der Waals surface area contributed by atoms with E-state index in [2.05, 4.69) is 9.98 Å². The summed E-state index contributed by atoms with van der Waals surface area (Å²) in [5.74, 6) is -4.06. The average molecular weight is 480 g/mol. The van der Waals surface area contributed by atoms with Crippen molar-refractivity contribution in [3.05, 3.63) is 65.0 Å². The fraction of sp³-hybridized carbons (Fsp3) is 0.407. The molecule has 7 nitrogen and oxygen atoms in total. The van der Waals surface area contributed by atoms with Gasteiger partial charge in [-0.15, -0.1) is 4.99 Å². The summed E-state index contributed by atoms with van der Waals surface area (Å²) in [6.07, 6.45) is 1.41. The molecule has 1 amide bonds. The number of Topliss-reactive ketones (excluding diaryl/α,β-unsaturated/α-hetero) is 1. The Labute approximate surface area is 204 Å². The van der Waals surface area contributed by atoms with Crippen molar-refractivity contribution in [3.63, 3.8) is 0 Å². The Morgan fingerprint density at radius 3 is 2.29 bits per heavy atom. The van der Waals surface area contributed by atoms with E-state index in [9.17, 15) is 14.4 Å². The molecule has 0 saturated carbocycles. The maximum absolute atomic E-state index is 15.1. The number of aryl methyl sites for hydroxylation is 1. The van der Waals surface area contributed by atoms with Gasteiger partial charge in [0.15, 0.2) is 5.78 Å². The Kier molecular flexibility index (Phi) is 6.93. The van der Waals surface area contributed by atoms with E-state index in [1.54, 1.807) is 72.7 Å². The first-order chi connectivity index (χ1) is 16.2. The maximum Gasteiger partial charge on any atom is 0.351 e. The second-order valence-electron chi connectivity index (χ2n) is 10.5. The summed E-state index contributed by atoms with van der Waals surface area (Å²) in [6, 6.07) is 11.2. The fourth-order valence-corrected chi connectivity index (χ4v) is 3.79. The molecule has 1 atom stereocenters. The number of benzene rings is 2. The van der Waals surface area contributed by atoms with Crippen molar-refractivity contribution < 1.29 is 23.5 Å². The molecule has 1 aliphatic rings. The van der Waals surface area contributed by atoms with Gasteiger partial charge in [0, 0.05) is 16.5 Å². The molecule has 0 spiro atoms. The van der Waals surface area contributed by atoms with Crippen LogP contribution in [0.4, 0.5) is 10.1 Å². The molecule has 0 aromatic heterocycles. The van der Waals surface area contributed by atoms with Gasteiger partial charge in [0.05, 0.1) is 23.5 Å². The lowest BCUT2D eigenvalue weighted by molar-refractivity contribution is -0.161. The Bertz CT molecular complexity index is 1250. The zero-order chi connectivity index (χ0) is 26.2. The van der Waals surface area contributed by atoms with Gasteiger partial charge in [0.25, 0.3) is 0 Å². The first-order valence-corrected chi connectivity index (χ1v) is 11.3. The molecule has 2 aromatic rings. The number of ether oxygens (including phenoxy) is 1. The minimum absolute atomic E-state index is 0.0732. The van der Waals surface area contributed by atoms with Gasteiger partial charge in [-0.3, -0.25) is 14.5 Å². The lowest BCUT2D eigenvalue weighted by Crippen LogP contribution is -2.53. The van der Waals surface area contributed by atoms with Crippen LogP contribution in [0.1, 0.15) is 58.2 Å². The Morgan fingerprint density at radius 1 is 1.09 bits per heavy atom. The number of hydrogen-bond donors (Lipinski definition) is 0. The zero-order valence-electron chi connectivity index (χ0n) is 21.1. The zero-order valence-corrected chi connectivity index (χ0v) is 21.1. The minimum atomic E-state index is -2.42. The van der Waals surface area contributed by atoms with Crippen molar-refractivity contribution in [1.29, 1.82) is 0 Å². The third kappa shape index (κ3) is 5.29.